The fourth-order valence-electron chi connectivity index (χ4n) is 3.29. The van der Waals surface area contributed by atoms with E-state index in [0.29, 0.717) is 6.42 Å². The summed E-state index contributed by atoms with van der Waals surface area (Å²) >= 11 is 0. The second kappa shape index (κ2) is 17.7. The van der Waals surface area contributed by atoms with Gasteiger partial charge in [0.25, 0.3) is 0 Å². The summed E-state index contributed by atoms with van der Waals surface area (Å²) < 4.78 is 30.4. The van der Waals surface area contributed by atoms with Gasteiger partial charge in [-0.2, -0.15) is 0 Å². The Bertz CT molecular complexity index is 492. The van der Waals surface area contributed by atoms with Crippen LogP contribution < -0.4 is 0 Å². The van der Waals surface area contributed by atoms with Crippen LogP contribution in [0, 0.1) is 0 Å². The molecule has 0 aromatic carbocycles. The number of phosphoric ester groups is 2. The van der Waals surface area contributed by atoms with Gasteiger partial charge in [0.1, 0.15) is 6.10 Å². The summed E-state index contributed by atoms with van der Waals surface area (Å²) in [6.45, 7) is 1.42. The highest BCUT2D eigenvalue weighted by atomic mass is 31.2. The molecule has 0 aliphatic heterocycles. The quantitative estimate of drug-likeness (QED) is 0.116. The predicted octanol–water partition coefficient (Wildman–Crippen LogP) is 4.81. The average Bonchev–Trinajstić information content (AvgIpc) is 2.63. The summed E-state index contributed by atoms with van der Waals surface area (Å²) in [5.41, 5.74) is 0. The maximum Gasteiger partial charge on any atom is 0.470 e. The van der Waals surface area contributed by atoms with Crippen molar-refractivity contribution in [3.05, 3.63) is 0 Å². The third kappa shape index (κ3) is 21.4. The van der Waals surface area contributed by atoms with Gasteiger partial charge < -0.3 is 24.7 Å². The van der Waals surface area contributed by atoms with E-state index >= 15 is 0 Å². The number of unbranched alkanes of at least 4 members (excludes halogenated alkanes) is 13. The van der Waals surface area contributed by atoms with Crippen molar-refractivity contribution >= 4 is 15.6 Å². The Hall–Kier alpha value is 0.180. The lowest BCUT2D eigenvalue weighted by Crippen LogP contribution is -2.32. The molecule has 11 heteroatoms. The third-order valence-corrected chi connectivity index (χ3v) is 5.99. The maximum absolute atomic E-state index is 11.0. The highest BCUT2D eigenvalue weighted by Gasteiger charge is 2.30. The molecule has 0 rings (SSSR count). The molecule has 0 bridgehead atoms. The van der Waals surface area contributed by atoms with Crippen LogP contribution in [0.4, 0.5) is 0 Å². The highest BCUT2D eigenvalue weighted by molar-refractivity contribution is 7.46. The molecule has 2 unspecified atom stereocenters. The van der Waals surface area contributed by atoms with Crippen LogP contribution in [-0.4, -0.2) is 43.5 Å². The minimum atomic E-state index is -4.92. The number of rotatable bonds is 21. The summed E-state index contributed by atoms with van der Waals surface area (Å²) in [5, 5.41) is 10.1. The molecular formula is C19H42O9P2. The molecule has 30 heavy (non-hydrogen) atoms. The van der Waals surface area contributed by atoms with Crippen LogP contribution >= 0.6 is 15.6 Å². The number of phosphoric acid groups is 2. The van der Waals surface area contributed by atoms with E-state index in [9.17, 15) is 14.2 Å². The smallest absolute Gasteiger partial charge is 0.390 e. The van der Waals surface area contributed by atoms with Crippen LogP contribution in [-0.2, 0) is 18.2 Å². The van der Waals surface area contributed by atoms with Gasteiger partial charge in [0.15, 0.2) is 0 Å². The van der Waals surface area contributed by atoms with E-state index in [0.717, 1.165) is 19.3 Å². The van der Waals surface area contributed by atoms with E-state index in [4.69, 9.17) is 19.6 Å². The van der Waals surface area contributed by atoms with Gasteiger partial charge in [0, 0.05) is 0 Å². The van der Waals surface area contributed by atoms with E-state index in [2.05, 4.69) is 16.0 Å². The van der Waals surface area contributed by atoms with Gasteiger partial charge in [-0.25, -0.2) is 9.13 Å². The number of aliphatic hydroxyl groups excluding tert-OH is 1. The van der Waals surface area contributed by atoms with Crippen molar-refractivity contribution in [1.29, 1.82) is 0 Å². The standard InChI is InChI=1S/C19H42O9P2/c1-2-3-4-5-6-7-8-9-10-11-12-13-14-15-16-18(20)19(28-30(24,25)26)17-27-29(21,22)23/h18-20H,2-17H2,1H3,(H2,21,22,23)(H2,24,25,26). The first kappa shape index (κ1) is 30.2. The van der Waals surface area contributed by atoms with E-state index < -0.39 is 34.5 Å². The Morgan fingerprint density at radius 1 is 0.667 bits per heavy atom. The van der Waals surface area contributed by atoms with E-state index in [1.54, 1.807) is 0 Å². The second-order valence-corrected chi connectivity index (χ2v) is 10.3. The molecule has 0 aliphatic rings. The number of hydrogen-bond donors (Lipinski definition) is 5. The molecule has 0 heterocycles. The van der Waals surface area contributed by atoms with Crippen molar-refractivity contribution < 1.29 is 42.9 Å². The van der Waals surface area contributed by atoms with Crippen LogP contribution in [0.5, 0.6) is 0 Å². The van der Waals surface area contributed by atoms with E-state index in [-0.39, 0.29) is 6.42 Å². The predicted molar refractivity (Wildman–Crippen MR) is 116 cm³/mol. The molecule has 0 radical (unpaired) electrons. The third-order valence-electron chi connectivity index (χ3n) is 4.96. The summed E-state index contributed by atoms with van der Waals surface area (Å²) in [5.74, 6) is 0. The van der Waals surface area contributed by atoms with Crippen LogP contribution in [0.1, 0.15) is 103 Å². The largest absolute Gasteiger partial charge is 0.470 e. The van der Waals surface area contributed by atoms with Gasteiger partial charge in [-0.15, -0.1) is 0 Å². The first-order valence-corrected chi connectivity index (χ1v) is 14.2. The zero-order valence-electron chi connectivity index (χ0n) is 18.2. The molecular weight excluding hydrogens is 434 g/mol. The molecule has 2 atom stereocenters. The van der Waals surface area contributed by atoms with Gasteiger partial charge in [-0.1, -0.05) is 96.8 Å². The summed E-state index contributed by atoms with van der Waals surface area (Å²) in [6.07, 6.45) is 14.0. The Kier molecular flexibility index (Phi) is 17.8. The molecule has 182 valence electrons. The molecule has 9 nitrogen and oxygen atoms in total. The first-order chi connectivity index (χ1) is 14.0. The average molecular weight is 476 g/mol. The molecule has 0 saturated carbocycles. The zero-order valence-corrected chi connectivity index (χ0v) is 20.0. The van der Waals surface area contributed by atoms with Gasteiger partial charge in [0.2, 0.25) is 0 Å². The Morgan fingerprint density at radius 3 is 1.43 bits per heavy atom. The minimum absolute atomic E-state index is 0.202. The lowest BCUT2D eigenvalue weighted by molar-refractivity contribution is -0.0178. The van der Waals surface area contributed by atoms with Gasteiger partial charge in [-0.3, -0.25) is 9.05 Å². The molecule has 0 saturated heterocycles. The molecule has 0 aromatic rings. The molecule has 0 spiro atoms. The Balaban J connectivity index is 3.78. The van der Waals surface area contributed by atoms with Crippen LogP contribution in [0.15, 0.2) is 0 Å². The van der Waals surface area contributed by atoms with Gasteiger partial charge in [0.05, 0.1) is 12.7 Å². The van der Waals surface area contributed by atoms with Crippen molar-refractivity contribution in [2.75, 3.05) is 6.61 Å². The SMILES string of the molecule is CCCCCCCCCCCCCCCCC(O)C(COP(=O)(O)O)OP(=O)(O)O. The van der Waals surface area contributed by atoms with Crippen molar-refractivity contribution in [2.45, 2.75) is 115 Å². The van der Waals surface area contributed by atoms with E-state index in [1.807, 2.05) is 0 Å². The molecule has 0 fully saturated rings. The second-order valence-electron chi connectivity index (χ2n) is 7.87. The van der Waals surface area contributed by atoms with Gasteiger partial charge >= 0.3 is 15.6 Å². The van der Waals surface area contributed by atoms with Crippen molar-refractivity contribution in [3.8, 4) is 0 Å². The van der Waals surface area contributed by atoms with Crippen LogP contribution in [0.25, 0.3) is 0 Å². The van der Waals surface area contributed by atoms with Crippen LogP contribution in [0.3, 0.4) is 0 Å². The van der Waals surface area contributed by atoms with Crippen molar-refractivity contribution in [1.82, 2.24) is 0 Å². The summed E-state index contributed by atoms with van der Waals surface area (Å²) in [4.78, 5) is 35.2. The fraction of sp³-hybridized carbons (Fsp3) is 1.00. The number of aliphatic hydroxyl groups is 1. The first-order valence-electron chi connectivity index (χ1n) is 11.2. The molecule has 0 aliphatic carbocycles. The van der Waals surface area contributed by atoms with Crippen LogP contribution in [0.2, 0.25) is 0 Å². The lowest BCUT2D eigenvalue weighted by Gasteiger charge is -2.23. The van der Waals surface area contributed by atoms with E-state index in [1.165, 1.54) is 64.2 Å². The minimum Gasteiger partial charge on any atom is -0.390 e. The highest BCUT2D eigenvalue weighted by Crippen LogP contribution is 2.41. The maximum atomic E-state index is 11.0. The Labute approximate surface area is 181 Å². The monoisotopic (exact) mass is 476 g/mol. The van der Waals surface area contributed by atoms with Crippen molar-refractivity contribution in [2.24, 2.45) is 0 Å². The fourth-order valence-corrected chi connectivity index (χ4v) is 4.19. The lowest BCUT2D eigenvalue weighted by atomic mass is 10.0. The summed E-state index contributed by atoms with van der Waals surface area (Å²) in [7, 11) is -9.75. The zero-order chi connectivity index (χ0) is 22.9. The Morgan fingerprint density at radius 2 is 1.07 bits per heavy atom. The topological polar surface area (TPSA) is 154 Å². The summed E-state index contributed by atoms with van der Waals surface area (Å²) in [6, 6.07) is 0. The van der Waals surface area contributed by atoms with Crippen molar-refractivity contribution in [3.63, 3.8) is 0 Å². The normalized spacial score (nSPS) is 14.7. The van der Waals surface area contributed by atoms with Gasteiger partial charge in [-0.05, 0) is 6.42 Å². The molecule has 0 aromatic heterocycles. The molecule has 0 amide bonds. The molecule has 5 N–H and O–H groups in total. The number of hydrogen-bond acceptors (Lipinski definition) is 5.